The van der Waals surface area contributed by atoms with Gasteiger partial charge in [0.25, 0.3) is 0 Å². The zero-order valence-corrected chi connectivity index (χ0v) is 9.73. The minimum atomic E-state index is 0.0502. The lowest BCUT2D eigenvalue weighted by atomic mass is 9.86. The number of hydrogen-bond acceptors (Lipinski definition) is 1. The van der Waals surface area contributed by atoms with Crippen LogP contribution in [0.5, 0.6) is 0 Å². The summed E-state index contributed by atoms with van der Waals surface area (Å²) in [4.78, 5) is 0. The molecule has 0 unspecified atom stereocenters. The van der Waals surface area contributed by atoms with Gasteiger partial charge >= 0.3 is 0 Å². The van der Waals surface area contributed by atoms with Crippen molar-refractivity contribution in [1.82, 2.24) is 0 Å². The Morgan fingerprint density at radius 1 is 1.23 bits per heavy atom. The van der Waals surface area contributed by atoms with Gasteiger partial charge in [0.15, 0.2) is 0 Å². The summed E-state index contributed by atoms with van der Waals surface area (Å²) in [7, 11) is 0. The molecule has 0 aliphatic carbocycles. The standard InChI is InChI=1S/C12H22O/c1-7-9(2)8-11(13)10(3)12(4,5)6/h8,13H,7H2,1-6H3/b9-8-,11-10-. The number of rotatable bonds is 2. The predicted molar refractivity (Wildman–Crippen MR) is 58.8 cm³/mol. The SMILES string of the molecule is CC/C(C)=C\C(O)=C(/C)C(C)(C)C. The quantitative estimate of drug-likeness (QED) is 0.500. The minimum Gasteiger partial charge on any atom is -0.508 e. The lowest BCUT2D eigenvalue weighted by Gasteiger charge is -2.20. The number of hydrogen-bond donors (Lipinski definition) is 1. The van der Waals surface area contributed by atoms with Crippen LogP contribution in [0, 0.1) is 5.41 Å². The molecule has 0 aliphatic rings. The molecule has 0 saturated carbocycles. The van der Waals surface area contributed by atoms with Crippen molar-refractivity contribution in [2.45, 2.75) is 48.0 Å². The predicted octanol–water partition coefficient (Wildman–Crippen LogP) is 4.22. The Morgan fingerprint density at radius 3 is 2.00 bits per heavy atom. The van der Waals surface area contributed by atoms with E-state index in [2.05, 4.69) is 27.7 Å². The normalized spacial score (nSPS) is 15.7. The Labute approximate surface area is 82.2 Å². The first kappa shape index (κ1) is 12.3. The van der Waals surface area contributed by atoms with E-state index in [1.165, 1.54) is 5.57 Å². The highest BCUT2D eigenvalue weighted by Gasteiger charge is 2.15. The van der Waals surface area contributed by atoms with E-state index in [-0.39, 0.29) is 5.41 Å². The second-order valence-corrected chi connectivity index (χ2v) is 4.60. The average Bonchev–Trinajstić information content (AvgIpc) is 2.01. The van der Waals surface area contributed by atoms with E-state index in [1.54, 1.807) is 0 Å². The summed E-state index contributed by atoms with van der Waals surface area (Å²) in [6.07, 6.45) is 2.85. The summed E-state index contributed by atoms with van der Waals surface area (Å²) in [5.41, 5.74) is 2.30. The first-order valence-electron chi connectivity index (χ1n) is 4.86. The van der Waals surface area contributed by atoms with Gasteiger partial charge in [0.2, 0.25) is 0 Å². The van der Waals surface area contributed by atoms with Gasteiger partial charge < -0.3 is 5.11 Å². The second-order valence-electron chi connectivity index (χ2n) is 4.60. The highest BCUT2D eigenvalue weighted by Crippen LogP contribution is 2.27. The lowest BCUT2D eigenvalue weighted by molar-refractivity contribution is 0.390. The van der Waals surface area contributed by atoms with Crippen molar-refractivity contribution in [3.8, 4) is 0 Å². The lowest BCUT2D eigenvalue weighted by Crippen LogP contribution is -2.08. The topological polar surface area (TPSA) is 20.2 Å². The molecule has 0 aromatic rings. The first-order chi connectivity index (χ1) is 5.79. The summed E-state index contributed by atoms with van der Waals surface area (Å²) in [6, 6.07) is 0. The summed E-state index contributed by atoms with van der Waals surface area (Å²) in [5.74, 6) is 0.423. The smallest absolute Gasteiger partial charge is 0.114 e. The van der Waals surface area contributed by atoms with Crippen LogP contribution in [0.25, 0.3) is 0 Å². The van der Waals surface area contributed by atoms with E-state index in [1.807, 2.05) is 19.9 Å². The van der Waals surface area contributed by atoms with Gasteiger partial charge in [-0.05, 0) is 37.3 Å². The first-order valence-corrected chi connectivity index (χ1v) is 4.86. The van der Waals surface area contributed by atoms with Crippen molar-refractivity contribution in [2.75, 3.05) is 0 Å². The summed E-state index contributed by atoms with van der Waals surface area (Å²) in [5, 5.41) is 9.76. The molecule has 76 valence electrons. The molecule has 0 rings (SSSR count). The Kier molecular flexibility index (Phi) is 4.25. The van der Waals surface area contributed by atoms with E-state index in [0.29, 0.717) is 5.76 Å². The Morgan fingerprint density at radius 2 is 1.69 bits per heavy atom. The summed E-state index contributed by atoms with van der Waals surface area (Å²) in [6.45, 7) is 12.4. The molecule has 0 bridgehead atoms. The van der Waals surface area contributed by atoms with Crippen molar-refractivity contribution >= 4 is 0 Å². The zero-order chi connectivity index (χ0) is 10.6. The third-order valence-electron chi connectivity index (χ3n) is 2.45. The third-order valence-corrected chi connectivity index (χ3v) is 2.45. The van der Waals surface area contributed by atoms with Gasteiger partial charge in [-0.3, -0.25) is 0 Å². The molecule has 0 atom stereocenters. The van der Waals surface area contributed by atoms with Crippen molar-refractivity contribution in [3.63, 3.8) is 0 Å². The van der Waals surface area contributed by atoms with E-state index in [0.717, 1.165) is 12.0 Å². The van der Waals surface area contributed by atoms with Gasteiger partial charge in [-0.1, -0.05) is 33.3 Å². The molecule has 1 nitrogen and oxygen atoms in total. The maximum absolute atomic E-state index is 9.76. The van der Waals surface area contributed by atoms with Gasteiger partial charge in [0, 0.05) is 0 Å². The van der Waals surface area contributed by atoms with E-state index < -0.39 is 0 Å². The molecule has 0 radical (unpaired) electrons. The van der Waals surface area contributed by atoms with E-state index in [9.17, 15) is 5.11 Å². The Bertz CT molecular complexity index is 226. The van der Waals surface area contributed by atoms with Gasteiger partial charge in [0.1, 0.15) is 5.76 Å². The number of allylic oxidation sites excluding steroid dienone is 3. The second kappa shape index (κ2) is 4.50. The fraction of sp³-hybridized carbons (Fsp3) is 0.667. The number of aliphatic hydroxyl groups excluding tert-OH is 1. The van der Waals surface area contributed by atoms with Crippen molar-refractivity contribution in [1.29, 1.82) is 0 Å². The van der Waals surface area contributed by atoms with Crippen LogP contribution in [0.4, 0.5) is 0 Å². The van der Waals surface area contributed by atoms with Crippen LogP contribution in [0.2, 0.25) is 0 Å². The molecule has 0 spiro atoms. The highest BCUT2D eigenvalue weighted by atomic mass is 16.3. The molecule has 1 heteroatoms. The maximum atomic E-state index is 9.76. The van der Waals surface area contributed by atoms with Crippen LogP contribution in [-0.4, -0.2) is 5.11 Å². The highest BCUT2D eigenvalue weighted by molar-refractivity contribution is 5.24. The molecule has 13 heavy (non-hydrogen) atoms. The van der Waals surface area contributed by atoms with Crippen LogP contribution in [0.3, 0.4) is 0 Å². The maximum Gasteiger partial charge on any atom is 0.114 e. The van der Waals surface area contributed by atoms with Crippen LogP contribution < -0.4 is 0 Å². The molecule has 0 aliphatic heterocycles. The molecule has 0 amide bonds. The fourth-order valence-electron chi connectivity index (χ4n) is 0.828. The molecule has 0 fully saturated rings. The Balaban J connectivity index is 4.84. The van der Waals surface area contributed by atoms with Crippen LogP contribution in [-0.2, 0) is 0 Å². The average molecular weight is 182 g/mol. The van der Waals surface area contributed by atoms with E-state index in [4.69, 9.17) is 0 Å². The minimum absolute atomic E-state index is 0.0502. The molecule has 1 N–H and O–H groups in total. The van der Waals surface area contributed by atoms with Crippen LogP contribution >= 0.6 is 0 Å². The third kappa shape index (κ3) is 4.16. The van der Waals surface area contributed by atoms with Gasteiger partial charge in [-0.2, -0.15) is 0 Å². The van der Waals surface area contributed by atoms with Crippen LogP contribution in [0.15, 0.2) is 23.0 Å². The summed E-state index contributed by atoms with van der Waals surface area (Å²) < 4.78 is 0. The fourth-order valence-corrected chi connectivity index (χ4v) is 0.828. The molecular weight excluding hydrogens is 160 g/mol. The van der Waals surface area contributed by atoms with E-state index >= 15 is 0 Å². The molecular formula is C12H22O. The van der Waals surface area contributed by atoms with Crippen molar-refractivity contribution < 1.29 is 5.11 Å². The molecule has 0 heterocycles. The van der Waals surface area contributed by atoms with Crippen molar-refractivity contribution in [2.24, 2.45) is 5.41 Å². The zero-order valence-electron chi connectivity index (χ0n) is 9.73. The monoisotopic (exact) mass is 182 g/mol. The largest absolute Gasteiger partial charge is 0.508 e. The van der Waals surface area contributed by atoms with Gasteiger partial charge in [-0.15, -0.1) is 0 Å². The van der Waals surface area contributed by atoms with Gasteiger partial charge in [0.05, 0.1) is 0 Å². The van der Waals surface area contributed by atoms with Crippen molar-refractivity contribution in [3.05, 3.63) is 23.0 Å². The molecule has 0 aromatic heterocycles. The molecule has 0 saturated heterocycles. The van der Waals surface area contributed by atoms with Gasteiger partial charge in [-0.25, -0.2) is 0 Å². The molecule has 0 aromatic carbocycles. The summed E-state index contributed by atoms with van der Waals surface area (Å²) >= 11 is 0. The number of aliphatic hydroxyl groups is 1. The van der Waals surface area contributed by atoms with Crippen LogP contribution in [0.1, 0.15) is 48.0 Å². The Hall–Kier alpha value is -0.720.